The van der Waals surface area contributed by atoms with Crippen LogP contribution in [0.5, 0.6) is 0 Å². The van der Waals surface area contributed by atoms with Crippen molar-refractivity contribution in [2.75, 3.05) is 11.6 Å². The second-order valence-electron chi connectivity index (χ2n) is 5.12. The number of nitrogens with zero attached hydrogens (tertiary/aromatic N) is 2. The highest BCUT2D eigenvalue weighted by atomic mass is 16.5. The van der Waals surface area contributed by atoms with Crippen LogP contribution in [0.25, 0.3) is 0 Å². The van der Waals surface area contributed by atoms with Crippen molar-refractivity contribution >= 4 is 23.1 Å². The Morgan fingerprint density at radius 2 is 1.48 bits per heavy atom. The van der Waals surface area contributed by atoms with Crippen molar-refractivity contribution in [3.8, 4) is 0 Å². The van der Waals surface area contributed by atoms with Gasteiger partial charge in [-0.2, -0.15) is 5.10 Å². The van der Waals surface area contributed by atoms with Crippen LogP contribution in [0.4, 0.5) is 11.4 Å². The van der Waals surface area contributed by atoms with Crippen LogP contribution < -0.4 is 5.01 Å². The van der Waals surface area contributed by atoms with E-state index in [-0.39, 0.29) is 5.97 Å². The van der Waals surface area contributed by atoms with Crippen LogP contribution in [0, 0.1) is 0 Å². The Labute approximate surface area is 137 Å². The Kier molecular flexibility index (Phi) is 6.36. The smallest absolute Gasteiger partial charge is 0.306 e. The molecule has 0 bridgehead atoms. The number of rotatable bonds is 7. The summed E-state index contributed by atoms with van der Waals surface area (Å²) in [5.74, 6) is -0.187. The lowest BCUT2D eigenvalue weighted by Crippen LogP contribution is -2.13. The van der Waals surface area contributed by atoms with Crippen molar-refractivity contribution in [1.29, 1.82) is 0 Å². The summed E-state index contributed by atoms with van der Waals surface area (Å²) >= 11 is 0. The minimum absolute atomic E-state index is 0.187. The normalized spacial score (nSPS) is 11.1. The predicted octanol–water partition coefficient (Wildman–Crippen LogP) is 4.54. The van der Waals surface area contributed by atoms with Gasteiger partial charge in [0.1, 0.15) is 0 Å². The van der Waals surface area contributed by atoms with E-state index >= 15 is 0 Å². The lowest BCUT2D eigenvalue weighted by Gasteiger charge is -2.20. The molecule has 0 aromatic heterocycles. The molecular weight excluding hydrogens is 288 g/mol. The Bertz CT molecular complexity index is 599. The summed E-state index contributed by atoms with van der Waals surface area (Å²) in [4.78, 5) is 11.5. The fourth-order valence-corrected chi connectivity index (χ4v) is 2.14. The molecule has 0 atom stereocenters. The highest BCUT2D eigenvalue weighted by molar-refractivity contribution is 5.87. The van der Waals surface area contributed by atoms with E-state index in [0.29, 0.717) is 19.4 Å². The molecule has 4 nitrogen and oxygen atoms in total. The molecule has 23 heavy (non-hydrogen) atoms. The minimum Gasteiger partial charge on any atom is -0.466 e. The maximum atomic E-state index is 11.5. The summed E-state index contributed by atoms with van der Waals surface area (Å²) in [7, 11) is 0. The molecule has 0 fully saturated rings. The van der Waals surface area contributed by atoms with Crippen LogP contribution >= 0.6 is 0 Å². The predicted molar refractivity (Wildman–Crippen MR) is 94.0 cm³/mol. The molecular formula is C19H22N2O2. The van der Waals surface area contributed by atoms with Gasteiger partial charge in [-0.25, -0.2) is 5.01 Å². The zero-order valence-corrected chi connectivity index (χ0v) is 13.6. The van der Waals surface area contributed by atoms with E-state index in [9.17, 15) is 4.79 Å². The van der Waals surface area contributed by atoms with E-state index in [1.165, 1.54) is 0 Å². The van der Waals surface area contributed by atoms with E-state index in [1.807, 2.05) is 79.5 Å². The van der Waals surface area contributed by atoms with E-state index in [4.69, 9.17) is 9.84 Å². The number of hydrogen-bond acceptors (Lipinski definition) is 4. The first-order chi connectivity index (χ1) is 11.2. The fraction of sp³-hybridized carbons (Fsp3) is 0.263. The van der Waals surface area contributed by atoms with Crippen LogP contribution in [-0.4, -0.2) is 18.3 Å². The number of hydrazone groups is 1. The van der Waals surface area contributed by atoms with E-state index in [0.717, 1.165) is 17.1 Å². The summed E-state index contributed by atoms with van der Waals surface area (Å²) in [5, 5.41) is 6.58. The molecule has 0 radical (unpaired) electrons. The van der Waals surface area contributed by atoms with Gasteiger partial charge in [-0.15, -0.1) is 0 Å². The van der Waals surface area contributed by atoms with Gasteiger partial charge in [-0.3, -0.25) is 4.79 Å². The van der Waals surface area contributed by atoms with Gasteiger partial charge in [0.15, 0.2) is 0 Å². The number of para-hydroxylation sites is 2. The molecule has 0 aliphatic carbocycles. The molecule has 0 saturated carbocycles. The monoisotopic (exact) mass is 310 g/mol. The van der Waals surface area contributed by atoms with Gasteiger partial charge in [0, 0.05) is 5.71 Å². The standard InChI is InChI=1S/C19H22N2O2/c1-3-23-19(22)15-14-16(2)20-21(17-10-6-4-7-11-17)18-12-8-5-9-13-18/h4-13H,3,14-15H2,1-2H3/b20-16+. The molecule has 2 aromatic rings. The van der Waals surface area contributed by atoms with Crippen molar-refractivity contribution in [3.05, 3.63) is 60.7 Å². The molecule has 0 aliphatic rings. The van der Waals surface area contributed by atoms with Gasteiger partial charge in [0.25, 0.3) is 0 Å². The topological polar surface area (TPSA) is 41.9 Å². The van der Waals surface area contributed by atoms with E-state index in [2.05, 4.69) is 0 Å². The van der Waals surface area contributed by atoms with Crippen molar-refractivity contribution < 1.29 is 9.53 Å². The minimum atomic E-state index is -0.187. The average Bonchev–Trinajstić information content (AvgIpc) is 2.60. The lowest BCUT2D eigenvalue weighted by atomic mass is 10.2. The van der Waals surface area contributed by atoms with Gasteiger partial charge in [0.05, 0.1) is 24.4 Å². The van der Waals surface area contributed by atoms with Crippen LogP contribution in [-0.2, 0) is 9.53 Å². The van der Waals surface area contributed by atoms with Crippen molar-refractivity contribution in [3.63, 3.8) is 0 Å². The molecule has 0 aliphatic heterocycles. The van der Waals surface area contributed by atoms with Crippen molar-refractivity contribution in [1.82, 2.24) is 0 Å². The molecule has 4 heteroatoms. The number of carbonyl (C=O) groups is 1. The van der Waals surface area contributed by atoms with Gasteiger partial charge in [-0.1, -0.05) is 36.4 Å². The molecule has 2 rings (SSSR count). The van der Waals surface area contributed by atoms with Gasteiger partial charge >= 0.3 is 5.97 Å². The van der Waals surface area contributed by atoms with Crippen LogP contribution in [0.15, 0.2) is 65.8 Å². The van der Waals surface area contributed by atoms with Crippen molar-refractivity contribution in [2.45, 2.75) is 26.7 Å². The second kappa shape index (κ2) is 8.73. The lowest BCUT2D eigenvalue weighted by molar-refractivity contribution is -0.142. The molecule has 120 valence electrons. The molecule has 2 aromatic carbocycles. The third-order valence-corrected chi connectivity index (χ3v) is 3.27. The molecule has 0 heterocycles. The van der Waals surface area contributed by atoms with Crippen LogP contribution in [0.2, 0.25) is 0 Å². The Balaban J connectivity index is 2.18. The van der Waals surface area contributed by atoms with E-state index < -0.39 is 0 Å². The Morgan fingerprint density at radius 3 is 1.96 bits per heavy atom. The first kappa shape index (κ1) is 16.7. The molecule has 0 saturated heterocycles. The van der Waals surface area contributed by atoms with Gasteiger partial charge < -0.3 is 4.74 Å². The highest BCUT2D eigenvalue weighted by Crippen LogP contribution is 2.25. The van der Waals surface area contributed by atoms with Crippen LogP contribution in [0.1, 0.15) is 26.7 Å². The number of ether oxygens (including phenoxy) is 1. The highest BCUT2D eigenvalue weighted by Gasteiger charge is 2.09. The summed E-state index contributed by atoms with van der Waals surface area (Å²) in [6.07, 6.45) is 0.926. The van der Waals surface area contributed by atoms with Gasteiger partial charge in [-0.05, 0) is 44.5 Å². The zero-order chi connectivity index (χ0) is 16.5. The number of esters is 1. The molecule has 0 spiro atoms. The third-order valence-electron chi connectivity index (χ3n) is 3.27. The second-order valence-corrected chi connectivity index (χ2v) is 5.12. The summed E-state index contributed by atoms with van der Waals surface area (Å²) in [5.41, 5.74) is 2.84. The quantitative estimate of drug-likeness (QED) is 0.428. The number of hydrogen-bond donors (Lipinski definition) is 0. The Morgan fingerprint density at radius 1 is 0.957 bits per heavy atom. The SMILES string of the molecule is CCOC(=O)CC/C(C)=N/N(c1ccccc1)c1ccccc1. The zero-order valence-electron chi connectivity index (χ0n) is 13.6. The summed E-state index contributed by atoms with van der Waals surface area (Å²) < 4.78 is 4.96. The number of anilines is 2. The molecule has 0 N–H and O–H groups in total. The fourth-order valence-electron chi connectivity index (χ4n) is 2.14. The third kappa shape index (κ3) is 5.25. The Hall–Kier alpha value is -2.62. The van der Waals surface area contributed by atoms with E-state index in [1.54, 1.807) is 0 Å². The first-order valence-electron chi connectivity index (χ1n) is 7.80. The number of carbonyl (C=O) groups excluding carboxylic acids is 1. The number of benzene rings is 2. The average molecular weight is 310 g/mol. The maximum absolute atomic E-state index is 11.5. The molecule has 0 amide bonds. The summed E-state index contributed by atoms with van der Waals surface area (Å²) in [6, 6.07) is 19.9. The van der Waals surface area contributed by atoms with Gasteiger partial charge in [0.2, 0.25) is 0 Å². The van der Waals surface area contributed by atoms with Crippen LogP contribution in [0.3, 0.4) is 0 Å². The first-order valence-corrected chi connectivity index (χ1v) is 7.80. The maximum Gasteiger partial charge on any atom is 0.306 e. The van der Waals surface area contributed by atoms with Crippen molar-refractivity contribution in [2.24, 2.45) is 5.10 Å². The largest absolute Gasteiger partial charge is 0.466 e. The summed E-state index contributed by atoms with van der Waals surface area (Å²) in [6.45, 7) is 4.15. The molecule has 0 unspecified atom stereocenters.